The number of carbonyl (C=O) groups is 3. The molecule has 2 aromatic rings. The van der Waals surface area contributed by atoms with E-state index in [9.17, 15) is 14.4 Å². The molecule has 32 heavy (non-hydrogen) atoms. The number of anilines is 2. The molecule has 0 aromatic heterocycles. The highest BCUT2D eigenvalue weighted by atomic mass is 16.2. The first-order chi connectivity index (χ1) is 15.5. The number of benzene rings is 2. The molecular weight excluding hydrogens is 404 g/mol. The van der Waals surface area contributed by atoms with Crippen molar-refractivity contribution in [2.75, 3.05) is 23.3 Å². The Hall–Kier alpha value is -3.79. The second-order valence-corrected chi connectivity index (χ2v) is 8.66. The predicted molar refractivity (Wildman–Crippen MR) is 121 cm³/mol. The second kappa shape index (κ2) is 7.72. The van der Waals surface area contributed by atoms with Crippen molar-refractivity contribution in [2.24, 2.45) is 0 Å². The fourth-order valence-corrected chi connectivity index (χ4v) is 4.49. The Bertz CT molecular complexity index is 1120. The van der Waals surface area contributed by atoms with E-state index in [2.05, 4.69) is 16.6 Å². The average molecular weight is 428 g/mol. The van der Waals surface area contributed by atoms with E-state index in [-0.39, 0.29) is 11.9 Å². The third-order valence-electron chi connectivity index (χ3n) is 6.55. The molecule has 2 aromatic carbocycles. The van der Waals surface area contributed by atoms with Crippen LogP contribution in [0.2, 0.25) is 0 Å². The van der Waals surface area contributed by atoms with Gasteiger partial charge in [-0.2, -0.15) is 0 Å². The van der Waals surface area contributed by atoms with Gasteiger partial charge in [0.1, 0.15) is 5.54 Å². The number of urea groups is 2. The highest BCUT2D eigenvalue weighted by Crippen LogP contribution is 2.41. The number of carbonyl (C=O) groups excluding carboxylic acids is 3. The molecule has 162 valence electrons. The Morgan fingerprint density at radius 3 is 2.47 bits per heavy atom. The van der Waals surface area contributed by atoms with E-state index in [1.807, 2.05) is 24.3 Å². The molecule has 2 aliphatic heterocycles. The van der Waals surface area contributed by atoms with E-state index < -0.39 is 11.6 Å². The molecule has 5 rings (SSSR count). The van der Waals surface area contributed by atoms with Crippen molar-refractivity contribution in [3.63, 3.8) is 0 Å². The van der Waals surface area contributed by atoms with Crippen LogP contribution in [0.3, 0.4) is 0 Å². The largest absolute Gasteiger partial charge is 0.329 e. The van der Waals surface area contributed by atoms with Gasteiger partial charge < -0.3 is 15.5 Å². The van der Waals surface area contributed by atoms with Crippen LogP contribution in [-0.4, -0.2) is 41.5 Å². The van der Waals surface area contributed by atoms with Gasteiger partial charge in [-0.1, -0.05) is 24.1 Å². The number of terminal acetylenes is 1. The molecule has 0 unspecified atom stereocenters. The van der Waals surface area contributed by atoms with E-state index >= 15 is 0 Å². The lowest BCUT2D eigenvalue weighted by Gasteiger charge is -2.37. The molecule has 0 radical (unpaired) electrons. The summed E-state index contributed by atoms with van der Waals surface area (Å²) in [5.74, 6) is 2.91. The third kappa shape index (κ3) is 3.58. The number of likely N-dealkylation sites (tertiary alicyclic amines) is 1. The molecule has 0 bridgehead atoms. The predicted octanol–water partition coefficient (Wildman–Crippen LogP) is 3.67. The SMILES string of the molecule is C#Cc1cccc(NC(=O)N2CCC3(CC2)NC(=O)N(c2ccc(C4CC4)cc2)C3=O)c1. The molecular formula is C25H24N4O3. The molecule has 2 saturated heterocycles. The van der Waals surface area contributed by atoms with Crippen LogP contribution in [0.5, 0.6) is 0 Å². The van der Waals surface area contributed by atoms with Crippen LogP contribution in [0.1, 0.15) is 42.7 Å². The Morgan fingerprint density at radius 2 is 1.81 bits per heavy atom. The number of nitrogens with zero attached hydrogens (tertiary/aromatic N) is 2. The first-order valence-corrected chi connectivity index (χ1v) is 10.9. The number of hydrogen-bond donors (Lipinski definition) is 2. The molecule has 3 aliphatic rings. The Kier molecular flexibility index (Phi) is 4.86. The number of rotatable bonds is 3. The van der Waals surface area contributed by atoms with Crippen molar-refractivity contribution in [1.29, 1.82) is 0 Å². The van der Waals surface area contributed by atoms with Gasteiger partial charge in [-0.05, 0) is 67.5 Å². The van der Waals surface area contributed by atoms with Gasteiger partial charge in [-0.15, -0.1) is 6.42 Å². The fraction of sp³-hybridized carbons (Fsp3) is 0.320. The van der Waals surface area contributed by atoms with Gasteiger partial charge >= 0.3 is 12.1 Å². The zero-order valence-corrected chi connectivity index (χ0v) is 17.6. The molecule has 1 aliphatic carbocycles. The maximum atomic E-state index is 13.3. The van der Waals surface area contributed by atoms with Crippen molar-refractivity contribution < 1.29 is 14.4 Å². The third-order valence-corrected chi connectivity index (χ3v) is 6.55. The topological polar surface area (TPSA) is 81.8 Å². The molecule has 2 heterocycles. The summed E-state index contributed by atoms with van der Waals surface area (Å²) in [7, 11) is 0. The van der Waals surface area contributed by atoms with Gasteiger partial charge in [-0.3, -0.25) is 4.79 Å². The maximum Gasteiger partial charge on any atom is 0.329 e. The Morgan fingerprint density at radius 1 is 1.09 bits per heavy atom. The van der Waals surface area contributed by atoms with E-state index in [0.717, 1.165) is 0 Å². The summed E-state index contributed by atoms with van der Waals surface area (Å²) in [5, 5.41) is 5.75. The van der Waals surface area contributed by atoms with Crippen LogP contribution in [0.25, 0.3) is 0 Å². The summed E-state index contributed by atoms with van der Waals surface area (Å²) in [6.07, 6.45) is 8.55. The number of piperidine rings is 1. The number of hydrogen-bond acceptors (Lipinski definition) is 3. The molecule has 2 N–H and O–H groups in total. The molecule has 1 saturated carbocycles. The number of amides is 5. The quantitative estimate of drug-likeness (QED) is 0.578. The van der Waals surface area contributed by atoms with Gasteiger partial charge in [0.2, 0.25) is 0 Å². The van der Waals surface area contributed by atoms with Crippen molar-refractivity contribution in [3.05, 3.63) is 59.7 Å². The first-order valence-electron chi connectivity index (χ1n) is 10.9. The summed E-state index contributed by atoms with van der Waals surface area (Å²) in [5.41, 5.74) is 2.18. The Balaban J connectivity index is 1.24. The molecule has 7 nitrogen and oxygen atoms in total. The standard InChI is InChI=1S/C25H24N4O3/c1-2-17-4-3-5-20(16-17)26-23(31)28-14-12-25(13-15-28)22(30)29(24(32)27-25)21-10-8-19(9-11-21)18-6-7-18/h1,3-5,8-11,16,18H,6-7,12-15H2,(H,26,31)(H,27,32). The molecule has 5 amide bonds. The summed E-state index contributed by atoms with van der Waals surface area (Å²) >= 11 is 0. The van der Waals surface area contributed by atoms with Crippen molar-refractivity contribution in [1.82, 2.24) is 10.2 Å². The van der Waals surface area contributed by atoms with Crippen molar-refractivity contribution >= 4 is 29.3 Å². The van der Waals surface area contributed by atoms with Gasteiger partial charge in [0.25, 0.3) is 5.91 Å². The van der Waals surface area contributed by atoms with Gasteiger partial charge in [0.05, 0.1) is 5.69 Å². The van der Waals surface area contributed by atoms with Gasteiger partial charge in [-0.25, -0.2) is 14.5 Å². The number of imide groups is 1. The van der Waals surface area contributed by atoms with Gasteiger partial charge in [0.15, 0.2) is 0 Å². The first kappa shape index (κ1) is 20.1. The zero-order chi connectivity index (χ0) is 22.3. The average Bonchev–Trinajstić information content (AvgIpc) is 3.62. The molecule has 7 heteroatoms. The summed E-state index contributed by atoms with van der Waals surface area (Å²) < 4.78 is 0. The lowest BCUT2D eigenvalue weighted by atomic mass is 9.87. The zero-order valence-electron chi connectivity index (χ0n) is 17.6. The van der Waals surface area contributed by atoms with E-state index in [4.69, 9.17) is 6.42 Å². The second-order valence-electron chi connectivity index (χ2n) is 8.66. The molecule has 1 spiro atoms. The normalized spacial score (nSPS) is 19.6. The van der Waals surface area contributed by atoms with E-state index in [1.165, 1.54) is 23.3 Å². The summed E-state index contributed by atoms with van der Waals surface area (Å²) in [4.78, 5) is 41.5. The minimum Gasteiger partial charge on any atom is -0.324 e. The molecule has 0 atom stereocenters. The van der Waals surface area contributed by atoms with Crippen LogP contribution >= 0.6 is 0 Å². The Labute approximate surface area is 186 Å². The van der Waals surface area contributed by atoms with E-state index in [0.29, 0.717) is 48.8 Å². The highest BCUT2D eigenvalue weighted by molar-refractivity contribution is 6.23. The van der Waals surface area contributed by atoms with Crippen LogP contribution < -0.4 is 15.5 Å². The summed E-state index contributed by atoms with van der Waals surface area (Å²) in [6, 6.07) is 14.1. The monoisotopic (exact) mass is 428 g/mol. The smallest absolute Gasteiger partial charge is 0.324 e. The minimum absolute atomic E-state index is 0.247. The highest BCUT2D eigenvalue weighted by Gasteiger charge is 2.53. The van der Waals surface area contributed by atoms with Crippen molar-refractivity contribution in [2.45, 2.75) is 37.1 Å². The van der Waals surface area contributed by atoms with Crippen LogP contribution in [-0.2, 0) is 4.79 Å². The minimum atomic E-state index is -0.966. The number of nitrogens with one attached hydrogen (secondary N) is 2. The molecule has 3 fully saturated rings. The van der Waals surface area contributed by atoms with Crippen LogP contribution in [0, 0.1) is 12.3 Å². The lowest BCUT2D eigenvalue weighted by molar-refractivity contribution is -0.123. The van der Waals surface area contributed by atoms with E-state index in [1.54, 1.807) is 29.2 Å². The van der Waals surface area contributed by atoms with Crippen molar-refractivity contribution in [3.8, 4) is 12.3 Å². The fourth-order valence-electron chi connectivity index (χ4n) is 4.49. The summed E-state index contributed by atoms with van der Waals surface area (Å²) in [6.45, 7) is 0.724. The van der Waals surface area contributed by atoms with Crippen LogP contribution in [0.15, 0.2) is 48.5 Å². The lowest BCUT2D eigenvalue weighted by Crippen LogP contribution is -2.56. The van der Waals surface area contributed by atoms with Crippen LogP contribution in [0.4, 0.5) is 21.0 Å². The van der Waals surface area contributed by atoms with Gasteiger partial charge in [0, 0.05) is 24.3 Å². The maximum absolute atomic E-state index is 13.3.